The van der Waals surface area contributed by atoms with Crippen molar-refractivity contribution in [1.29, 1.82) is 0 Å². The van der Waals surface area contributed by atoms with Gasteiger partial charge >= 0.3 is 5.97 Å². The summed E-state index contributed by atoms with van der Waals surface area (Å²) in [7, 11) is 3.28. The molecule has 2 aromatic rings. The fraction of sp³-hybridized carbons (Fsp3) is 0.263. The molecule has 0 saturated heterocycles. The minimum absolute atomic E-state index is 0.270. The quantitative estimate of drug-likeness (QED) is 0.814. The summed E-state index contributed by atoms with van der Waals surface area (Å²) >= 11 is 0. The normalized spacial score (nSPS) is 11.7. The minimum atomic E-state index is -0.944. The van der Waals surface area contributed by atoms with Crippen molar-refractivity contribution in [3.05, 3.63) is 70.8 Å². The lowest BCUT2D eigenvalue weighted by Crippen LogP contribution is -2.31. The third kappa shape index (κ3) is 3.97. The third-order valence-corrected chi connectivity index (χ3v) is 3.73. The van der Waals surface area contributed by atoms with E-state index in [0.29, 0.717) is 11.1 Å². The van der Waals surface area contributed by atoms with Gasteiger partial charge in [-0.1, -0.05) is 36.4 Å². The summed E-state index contributed by atoms with van der Waals surface area (Å²) in [5.74, 6) is -0.773. The summed E-state index contributed by atoms with van der Waals surface area (Å²) in [6.07, 6.45) is -0.944. The number of hydrogen-bond donors (Lipinski definition) is 0. The molecule has 0 N–H and O–H groups in total. The Morgan fingerprint density at radius 2 is 1.61 bits per heavy atom. The first-order valence-electron chi connectivity index (χ1n) is 7.44. The molecule has 0 aliphatic rings. The van der Waals surface area contributed by atoms with Gasteiger partial charge in [0.05, 0.1) is 5.56 Å². The zero-order valence-electron chi connectivity index (χ0n) is 13.9. The molecule has 120 valence electrons. The molecule has 0 aromatic heterocycles. The number of amides is 1. The smallest absolute Gasteiger partial charge is 0.339 e. The van der Waals surface area contributed by atoms with Gasteiger partial charge in [-0.25, -0.2) is 4.79 Å². The van der Waals surface area contributed by atoms with Gasteiger partial charge in [-0.05, 0) is 37.1 Å². The lowest BCUT2D eigenvalue weighted by molar-refractivity contribution is -0.138. The van der Waals surface area contributed by atoms with Gasteiger partial charge in [0.2, 0.25) is 6.10 Å². The number of carbonyl (C=O) groups excluding carboxylic acids is 2. The van der Waals surface area contributed by atoms with Crippen LogP contribution in [0.5, 0.6) is 0 Å². The minimum Gasteiger partial charge on any atom is -0.444 e. The van der Waals surface area contributed by atoms with Crippen LogP contribution < -0.4 is 0 Å². The second kappa shape index (κ2) is 7.09. The fourth-order valence-electron chi connectivity index (χ4n) is 2.17. The molecule has 1 atom stereocenters. The van der Waals surface area contributed by atoms with Crippen LogP contribution in [0.2, 0.25) is 0 Å². The monoisotopic (exact) mass is 311 g/mol. The summed E-state index contributed by atoms with van der Waals surface area (Å²) in [5.41, 5.74) is 3.21. The second-order valence-corrected chi connectivity index (χ2v) is 5.73. The molecular formula is C19H21NO3. The average molecular weight is 311 g/mol. The Labute approximate surface area is 136 Å². The molecule has 0 fully saturated rings. The molecule has 2 aromatic carbocycles. The first-order chi connectivity index (χ1) is 10.9. The van der Waals surface area contributed by atoms with Crippen molar-refractivity contribution in [2.75, 3.05) is 14.1 Å². The molecule has 4 heteroatoms. The van der Waals surface area contributed by atoms with E-state index < -0.39 is 12.1 Å². The van der Waals surface area contributed by atoms with Crippen LogP contribution in [0.4, 0.5) is 0 Å². The van der Waals surface area contributed by atoms with Crippen molar-refractivity contribution >= 4 is 11.9 Å². The number of nitrogens with zero attached hydrogens (tertiary/aromatic N) is 1. The molecule has 0 heterocycles. The van der Waals surface area contributed by atoms with E-state index in [1.54, 1.807) is 38.4 Å². The van der Waals surface area contributed by atoms with E-state index in [1.807, 2.05) is 38.1 Å². The fourth-order valence-corrected chi connectivity index (χ4v) is 2.17. The molecular weight excluding hydrogens is 290 g/mol. The van der Waals surface area contributed by atoms with E-state index in [1.165, 1.54) is 4.90 Å². The SMILES string of the molecule is Cc1ccc(C(=O)OC(C(=O)N(C)C)c2ccccc2)cc1C. The molecule has 0 bridgehead atoms. The predicted octanol–water partition coefficient (Wildman–Crippen LogP) is 3.29. The van der Waals surface area contributed by atoms with Crippen LogP contribution in [0.15, 0.2) is 48.5 Å². The summed E-state index contributed by atoms with van der Waals surface area (Å²) in [4.78, 5) is 26.2. The average Bonchev–Trinajstić information content (AvgIpc) is 2.55. The van der Waals surface area contributed by atoms with Gasteiger partial charge in [0, 0.05) is 19.7 Å². The molecule has 0 aliphatic carbocycles. The number of ether oxygens (including phenoxy) is 1. The lowest BCUT2D eigenvalue weighted by atomic mass is 10.1. The number of likely N-dealkylation sites (N-methyl/N-ethyl adjacent to an activating group) is 1. The van der Waals surface area contributed by atoms with E-state index in [9.17, 15) is 9.59 Å². The maximum absolute atomic E-state index is 12.4. The van der Waals surface area contributed by atoms with Crippen LogP contribution in [0.1, 0.15) is 33.2 Å². The molecule has 4 nitrogen and oxygen atoms in total. The number of benzene rings is 2. The molecule has 1 unspecified atom stereocenters. The Morgan fingerprint density at radius 1 is 0.957 bits per heavy atom. The highest BCUT2D eigenvalue weighted by Crippen LogP contribution is 2.22. The Bertz CT molecular complexity index is 708. The molecule has 0 saturated carbocycles. The lowest BCUT2D eigenvalue weighted by Gasteiger charge is -2.21. The molecule has 1 amide bonds. The van der Waals surface area contributed by atoms with E-state index in [4.69, 9.17) is 4.74 Å². The van der Waals surface area contributed by atoms with Crippen molar-refractivity contribution in [3.63, 3.8) is 0 Å². The molecule has 2 rings (SSSR count). The van der Waals surface area contributed by atoms with E-state index in [-0.39, 0.29) is 5.91 Å². The van der Waals surface area contributed by atoms with Gasteiger partial charge in [-0.15, -0.1) is 0 Å². The Hall–Kier alpha value is -2.62. The Balaban J connectivity index is 2.28. The number of carbonyl (C=O) groups is 2. The highest BCUT2D eigenvalue weighted by atomic mass is 16.5. The third-order valence-electron chi connectivity index (χ3n) is 3.73. The maximum Gasteiger partial charge on any atom is 0.339 e. The van der Waals surface area contributed by atoms with Gasteiger partial charge < -0.3 is 9.64 Å². The van der Waals surface area contributed by atoms with Crippen LogP contribution in [-0.4, -0.2) is 30.9 Å². The number of hydrogen-bond acceptors (Lipinski definition) is 3. The van der Waals surface area contributed by atoms with E-state index in [2.05, 4.69) is 0 Å². The van der Waals surface area contributed by atoms with Crippen LogP contribution in [0, 0.1) is 13.8 Å². The standard InChI is InChI=1S/C19H21NO3/c1-13-10-11-16(12-14(13)2)19(22)23-17(18(21)20(3)4)15-8-6-5-7-9-15/h5-12,17H,1-4H3. The van der Waals surface area contributed by atoms with Crippen LogP contribution in [0.3, 0.4) is 0 Å². The zero-order valence-corrected chi connectivity index (χ0v) is 13.9. The number of rotatable bonds is 4. The summed E-state index contributed by atoms with van der Waals surface area (Å²) in [6.45, 7) is 3.92. The molecule has 0 radical (unpaired) electrons. The van der Waals surface area contributed by atoms with Crippen molar-refractivity contribution in [3.8, 4) is 0 Å². The van der Waals surface area contributed by atoms with Gasteiger partial charge in [0.25, 0.3) is 5.91 Å². The van der Waals surface area contributed by atoms with Crippen molar-refractivity contribution in [2.45, 2.75) is 20.0 Å². The molecule has 0 aliphatic heterocycles. The maximum atomic E-state index is 12.4. The number of esters is 1. The van der Waals surface area contributed by atoms with Crippen LogP contribution in [-0.2, 0) is 9.53 Å². The first-order valence-corrected chi connectivity index (χ1v) is 7.44. The molecule has 23 heavy (non-hydrogen) atoms. The van der Waals surface area contributed by atoms with Crippen molar-refractivity contribution < 1.29 is 14.3 Å². The van der Waals surface area contributed by atoms with E-state index >= 15 is 0 Å². The van der Waals surface area contributed by atoms with Gasteiger partial charge in [-0.2, -0.15) is 0 Å². The second-order valence-electron chi connectivity index (χ2n) is 5.73. The van der Waals surface area contributed by atoms with Gasteiger partial charge in [0.15, 0.2) is 0 Å². The van der Waals surface area contributed by atoms with Crippen molar-refractivity contribution in [1.82, 2.24) is 4.90 Å². The highest BCUT2D eigenvalue weighted by molar-refractivity contribution is 5.92. The predicted molar refractivity (Wildman–Crippen MR) is 89.2 cm³/mol. The van der Waals surface area contributed by atoms with Crippen LogP contribution >= 0.6 is 0 Å². The summed E-state index contributed by atoms with van der Waals surface area (Å²) < 4.78 is 5.51. The van der Waals surface area contributed by atoms with Crippen LogP contribution in [0.25, 0.3) is 0 Å². The summed E-state index contributed by atoms with van der Waals surface area (Å²) in [5, 5.41) is 0. The topological polar surface area (TPSA) is 46.6 Å². The molecule has 0 spiro atoms. The largest absolute Gasteiger partial charge is 0.444 e. The van der Waals surface area contributed by atoms with E-state index in [0.717, 1.165) is 11.1 Å². The first kappa shape index (κ1) is 16.7. The van der Waals surface area contributed by atoms with Gasteiger partial charge in [0.1, 0.15) is 0 Å². The summed E-state index contributed by atoms with van der Waals surface area (Å²) in [6, 6.07) is 14.4. The van der Waals surface area contributed by atoms with Crippen molar-refractivity contribution in [2.24, 2.45) is 0 Å². The zero-order chi connectivity index (χ0) is 17.0. The van der Waals surface area contributed by atoms with Gasteiger partial charge in [-0.3, -0.25) is 4.79 Å². The number of aryl methyl sites for hydroxylation is 2. The Morgan fingerprint density at radius 3 is 2.17 bits per heavy atom. The highest BCUT2D eigenvalue weighted by Gasteiger charge is 2.27. The Kier molecular flexibility index (Phi) is 5.16.